The van der Waals surface area contributed by atoms with Crippen molar-refractivity contribution in [3.63, 3.8) is 0 Å². The van der Waals surface area contributed by atoms with Crippen molar-refractivity contribution in [2.45, 2.75) is 25.2 Å². The summed E-state index contributed by atoms with van der Waals surface area (Å²) in [5, 5.41) is 7.08. The van der Waals surface area contributed by atoms with Gasteiger partial charge < -0.3 is 10.0 Å². The molecule has 0 unspecified atom stereocenters. The molecule has 4 aromatic rings. The first-order chi connectivity index (χ1) is 17.2. The Hall–Kier alpha value is -3.05. The first-order valence-corrected chi connectivity index (χ1v) is 12.5. The topological polar surface area (TPSA) is 95.2 Å². The number of amides is 2. The minimum absolute atomic E-state index is 0. The molecule has 0 bridgehead atoms. The fraction of sp³-hybridized carbons (Fsp3) is 0.154. The van der Waals surface area contributed by atoms with Gasteiger partial charge in [0.1, 0.15) is 0 Å². The van der Waals surface area contributed by atoms with Crippen LogP contribution < -0.4 is 34.9 Å². The van der Waals surface area contributed by atoms with E-state index in [1.54, 1.807) is 0 Å². The summed E-state index contributed by atoms with van der Waals surface area (Å²) in [7, 11) is -4.46. The van der Waals surface area contributed by atoms with Crippen molar-refractivity contribution >= 4 is 16.1 Å². The van der Waals surface area contributed by atoms with E-state index in [0.717, 1.165) is 39.8 Å². The third-order valence-electron chi connectivity index (χ3n) is 5.62. The maximum Gasteiger partial charge on any atom is 1.00 e. The molecule has 0 spiro atoms. The number of rotatable bonds is 7. The summed E-state index contributed by atoms with van der Waals surface area (Å²) in [6.45, 7) is 4.12. The van der Waals surface area contributed by atoms with E-state index < -0.39 is 32.6 Å². The number of nitrogens with zero attached hydrogens (tertiary/aromatic N) is 3. The zero-order valence-electron chi connectivity index (χ0n) is 20.6. The summed E-state index contributed by atoms with van der Waals surface area (Å²) >= 11 is 0. The van der Waals surface area contributed by atoms with E-state index in [9.17, 15) is 22.0 Å². The van der Waals surface area contributed by atoms with Crippen LogP contribution in [0.4, 0.5) is 13.6 Å². The van der Waals surface area contributed by atoms with Crippen LogP contribution in [-0.2, 0) is 16.4 Å². The van der Waals surface area contributed by atoms with Gasteiger partial charge in [-0.25, -0.2) is 21.9 Å². The SMILES string of the molecule is Cc1nn(-c2ccc(CCNC(=O)[N-]S(=O)(=O)c3ccc(F)c(F)c3)cc2)c(C)c1-c1ccccc1.[Na+]. The molecule has 2 amide bonds. The van der Waals surface area contributed by atoms with Gasteiger partial charge in [-0.1, -0.05) is 42.5 Å². The standard InChI is InChI=1S/C26H24F2N4O3S.Na/c1-17-25(20-6-4-3-5-7-20)18(2)32(30-17)21-10-8-19(9-11-21)14-15-29-26(33)31-36(34,35)22-12-13-23(27)24(28)16-22;/h3-13,16H,14-15H2,1-2H3,(H2,29,31,33);/q;+1/p-1. The number of nitrogens with one attached hydrogen (secondary N) is 1. The van der Waals surface area contributed by atoms with Crippen LogP contribution in [0.1, 0.15) is 17.0 Å². The first-order valence-electron chi connectivity index (χ1n) is 11.1. The Morgan fingerprint density at radius 2 is 1.65 bits per heavy atom. The molecule has 186 valence electrons. The van der Waals surface area contributed by atoms with Gasteiger partial charge >= 0.3 is 29.6 Å². The number of hydrogen-bond donors (Lipinski definition) is 1. The second-order valence-corrected chi connectivity index (χ2v) is 9.72. The molecule has 0 aliphatic rings. The number of carbonyl (C=O) groups excluding carboxylic acids is 1. The molecule has 0 aliphatic heterocycles. The maximum atomic E-state index is 13.3. The van der Waals surface area contributed by atoms with Gasteiger partial charge in [-0.05, 0) is 68.3 Å². The molecular weight excluding hydrogens is 509 g/mol. The molecule has 0 saturated carbocycles. The second kappa shape index (κ2) is 12.0. The van der Waals surface area contributed by atoms with Crippen molar-refractivity contribution in [2.24, 2.45) is 0 Å². The summed E-state index contributed by atoms with van der Waals surface area (Å²) in [6.07, 6.45) is 0.430. The largest absolute Gasteiger partial charge is 1.00 e. The van der Waals surface area contributed by atoms with Crippen LogP contribution in [0.5, 0.6) is 0 Å². The molecule has 1 heterocycles. The smallest absolute Gasteiger partial charge is 0.448 e. The molecule has 1 aromatic heterocycles. The molecule has 1 N–H and O–H groups in total. The molecule has 0 atom stereocenters. The molecular formula is C26H23F2N4NaO3S. The first kappa shape index (κ1) is 28.5. The molecule has 0 aliphatic carbocycles. The molecule has 3 aromatic carbocycles. The summed E-state index contributed by atoms with van der Waals surface area (Å²) in [6, 6.07) is 18.6. The van der Waals surface area contributed by atoms with E-state index in [0.29, 0.717) is 18.6 Å². The Labute approximate surface area is 236 Å². The fourth-order valence-electron chi connectivity index (χ4n) is 3.87. The maximum absolute atomic E-state index is 13.3. The number of halogens is 2. The third kappa shape index (κ3) is 6.64. The number of urea groups is 1. The number of aromatic nitrogens is 2. The Kier molecular flexibility index (Phi) is 9.25. The van der Waals surface area contributed by atoms with Crippen LogP contribution >= 0.6 is 0 Å². The average Bonchev–Trinajstić information content (AvgIpc) is 3.15. The summed E-state index contributed by atoms with van der Waals surface area (Å²) in [5.74, 6) is -2.54. The number of sulfonamides is 1. The second-order valence-electron chi connectivity index (χ2n) is 8.11. The number of hydrogen-bond acceptors (Lipinski definition) is 4. The quantitative estimate of drug-likeness (QED) is 0.370. The zero-order valence-corrected chi connectivity index (χ0v) is 23.4. The van der Waals surface area contributed by atoms with E-state index in [4.69, 9.17) is 0 Å². The van der Waals surface area contributed by atoms with Crippen LogP contribution in [0.3, 0.4) is 0 Å². The van der Waals surface area contributed by atoms with E-state index in [-0.39, 0.29) is 36.1 Å². The van der Waals surface area contributed by atoms with Crippen molar-refractivity contribution in [2.75, 3.05) is 6.54 Å². The summed E-state index contributed by atoms with van der Waals surface area (Å²) in [5.41, 5.74) is 5.92. The Bertz CT molecular complexity index is 1510. The average molecular weight is 533 g/mol. The molecule has 7 nitrogen and oxygen atoms in total. The predicted molar refractivity (Wildman–Crippen MR) is 132 cm³/mol. The van der Waals surface area contributed by atoms with Crippen LogP contribution in [-0.4, -0.2) is 30.8 Å². The van der Waals surface area contributed by atoms with Gasteiger partial charge in [0.2, 0.25) is 10.0 Å². The summed E-state index contributed by atoms with van der Waals surface area (Å²) < 4.78 is 55.6. The minimum Gasteiger partial charge on any atom is -0.448 e. The Morgan fingerprint density at radius 1 is 0.973 bits per heavy atom. The fourth-order valence-corrected chi connectivity index (χ4v) is 4.75. The van der Waals surface area contributed by atoms with Gasteiger partial charge in [-0.2, -0.15) is 5.10 Å². The van der Waals surface area contributed by atoms with Crippen molar-refractivity contribution < 1.29 is 51.6 Å². The van der Waals surface area contributed by atoms with Gasteiger partial charge in [0.05, 0.1) is 16.3 Å². The predicted octanol–water partition coefficient (Wildman–Crippen LogP) is 2.45. The Morgan fingerprint density at radius 3 is 2.30 bits per heavy atom. The molecule has 0 radical (unpaired) electrons. The molecule has 0 fully saturated rings. The Balaban J connectivity index is 0.00000380. The molecule has 37 heavy (non-hydrogen) atoms. The van der Waals surface area contributed by atoms with E-state index in [1.807, 2.05) is 73.1 Å². The van der Waals surface area contributed by atoms with Gasteiger partial charge in [-0.3, -0.25) is 4.79 Å². The van der Waals surface area contributed by atoms with Crippen LogP contribution in [0.2, 0.25) is 0 Å². The number of aryl methyl sites for hydroxylation is 1. The third-order valence-corrected chi connectivity index (χ3v) is 6.87. The molecule has 11 heteroatoms. The monoisotopic (exact) mass is 532 g/mol. The van der Waals surface area contributed by atoms with Crippen molar-refractivity contribution in [3.8, 4) is 16.8 Å². The minimum atomic E-state index is -4.46. The van der Waals surface area contributed by atoms with Crippen LogP contribution in [0.25, 0.3) is 21.5 Å². The van der Waals surface area contributed by atoms with Gasteiger partial charge in [0.15, 0.2) is 17.7 Å². The van der Waals surface area contributed by atoms with Crippen molar-refractivity contribution in [1.82, 2.24) is 15.1 Å². The van der Waals surface area contributed by atoms with Crippen molar-refractivity contribution in [1.29, 1.82) is 0 Å². The summed E-state index contributed by atoms with van der Waals surface area (Å²) in [4.78, 5) is 11.4. The van der Waals surface area contributed by atoms with E-state index in [2.05, 4.69) is 15.1 Å². The normalized spacial score (nSPS) is 11.0. The number of carbonyl (C=O) groups is 1. The van der Waals surface area contributed by atoms with Gasteiger partial charge in [0, 0.05) is 11.3 Å². The van der Waals surface area contributed by atoms with Crippen LogP contribution in [0, 0.1) is 25.5 Å². The van der Waals surface area contributed by atoms with E-state index in [1.165, 1.54) is 0 Å². The van der Waals surface area contributed by atoms with E-state index >= 15 is 0 Å². The molecule has 4 rings (SSSR count). The number of benzene rings is 3. The zero-order chi connectivity index (χ0) is 25.9. The van der Waals surface area contributed by atoms with Gasteiger partial charge in [-0.15, -0.1) is 0 Å². The van der Waals surface area contributed by atoms with Crippen molar-refractivity contribution in [3.05, 3.63) is 106 Å². The molecule has 0 saturated heterocycles. The van der Waals surface area contributed by atoms with Gasteiger partial charge in [0.25, 0.3) is 0 Å². The van der Waals surface area contributed by atoms with Crippen LogP contribution in [0.15, 0.2) is 77.7 Å².